The van der Waals surface area contributed by atoms with Gasteiger partial charge in [-0.15, -0.1) is 0 Å². The number of ether oxygens (including phenoxy) is 1. The van der Waals surface area contributed by atoms with Gasteiger partial charge in [0.1, 0.15) is 6.04 Å². The highest BCUT2D eigenvalue weighted by molar-refractivity contribution is 7.85. The van der Waals surface area contributed by atoms with Crippen LogP contribution in [0.2, 0.25) is 0 Å². The van der Waals surface area contributed by atoms with Gasteiger partial charge in [0.2, 0.25) is 5.91 Å². The molecule has 19 heavy (non-hydrogen) atoms. The lowest BCUT2D eigenvalue weighted by atomic mass is 10.1. The number of carbonyl (C=O) groups is 2. The molecule has 0 saturated carbocycles. The quantitative estimate of drug-likeness (QED) is 0.434. The summed E-state index contributed by atoms with van der Waals surface area (Å²) < 4.78 is 34.3. The normalized spacial score (nSPS) is 12.8. The lowest BCUT2D eigenvalue weighted by molar-refractivity contribution is -0.145. The largest absolute Gasteiger partial charge is 0.465 e. The smallest absolute Gasteiger partial charge is 0.322 e. The Labute approximate surface area is 112 Å². The van der Waals surface area contributed by atoms with Crippen molar-refractivity contribution in [2.24, 2.45) is 5.73 Å². The molecule has 112 valence electrons. The van der Waals surface area contributed by atoms with E-state index in [0.717, 1.165) is 4.90 Å². The molecule has 0 aliphatic rings. The van der Waals surface area contributed by atoms with Crippen LogP contribution in [-0.4, -0.2) is 61.7 Å². The summed E-state index contributed by atoms with van der Waals surface area (Å²) in [5.74, 6) is -1.46. The van der Waals surface area contributed by atoms with Gasteiger partial charge in [-0.3, -0.25) is 14.1 Å². The van der Waals surface area contributed by atoms with Crippen molar-refractivity contribution in [3.8, 4) is 0 Å². The molecule has 0 aliphatic carbocycles. The Morgan fingerprint density at radius 3 is 2.47 bits per heavy atom. The number of amides is 1. The Kier molecular flexibility index (Phi) is 7.57. The molecule has 8 nitrogen and oxygen atoms in total. The molecule has 0 aromatic carbocycles. The summed E-state index contributed by atoms with van der Waals surface area (Å²) in [5, 5.41) is 0. The van der Waals surface area contributed by atoms with Gasteiger partial charge in [0, 0.05) is 20.0 Å². The third-order valence-electron chi connectivity index (χ3n) is 2.37. The van der Waals surface area contributed by atoms with Crippen LogP contribution in [-0.2, 0) is 24.4 Å². The first-order chi connectivity index (χ1) is 8.67. The second-order valence-corrected chi connectivity index (χ2v) is 5.57. The first-order valence-corrected chi connectivity index (χ1v) is 7.39. The Morgan fingerprint density at radius 2 is 2.00 bits per heavy atom. The SMILES string of the molecule is CCOC(=O)C(N)CCC(=O)N(C)CCS(=O)(=O)O. The van der Waals surface area contributed by atoms with Crippen LogP contribution in [0.15, 0.2) is 0 Å². The number of nitrogens with two attached hydrogens (primary N) is 1. The Morgan fingerprint density at radius 1 is 1.42 bits per heavy atom. The van der Waals surface area contributed by atoms with Gasteiger partial charge in [0.25, 0.3) is 10.1 Å². The molecule has 0 rings (SSSR count). The minimum Gasteiger partial charge on any atom is -0.465 e. The van der Waals surface area contributed by atoms with Crippen LogP contribution in [0.5, 0.6) is 0 Å². The maximum atomic E-state index is 11.6. The second-order valence-electron chi connectivity index (χ2n) is 4.00. The molecule has 1 amide bonds. The lowest BCUT2D eigenvalue weighted by Crippen LogP contribution is -2.36. The van der Waals surface area contributed by atoms with E-state index in [-0.39, 0.29) is 31.9 Å². The summed E-state index contributed by atoms with van der Waals surface area (Å²) in [6.07, 6.45) is 0.121. The molecule has 0 aromatic heterocycles. The fourth-order valence-electron chi connectivity index (χ4n) is 1.21. The molecule has 1 unspecified atom stereocenters. The molecule has 0 saturated heterocycles. The summed E-state index contributed by atoms with van der Waals surface area (Å²) in [7, 11) is -2.69. The number of hydrogen-bond acceptors (Lipinski definition) is 6. The van der Waals surface area contributed by atoms with Gasteiger partial charge in [0.15, 0.2) is 0 Å². The average Bonchev–Trinajstić information content (AvgIpc) is 2.31. The van der Waals surface area contributed by atoms with E-state index in [2.05, 4.69) is 4.74 Å². The summed E-state index contributed by atoms with van der Waals surface area (Å²) in [6, 6.07) is -0.876. The Balaban J connectivity index is 4.06. The number of esters is 1. The zero-order valence-electron chi connectivity index (χ0n) is 11.0. The fourth-order valence-corrected chi connectivity index (χ4v) is 1.72. The molecule has 0 bridgehead atoms. The van der Waals surface area contributed by atoms with Gasteiger partial charge < -0.3 is 15.4 Å². The molecule has 0 radical (unpaired) electrons. The molecule has 1 atom stereocenters. The van der Waals surface area contributed by atoms with Crippen LogP contribution in [0.3, 0.4) is 0 Å². The van der Waals surface area contributed by atoms with Crippen molar-refractivity contribution in [3.05, 3.63) is 0 Å². The average molecular weight is 296 g/mol. The van der Waals surface area contributed by atoms with Crippen molar-refractivity contribution in [1.82, 2.24) is 4.90 Å². The predicted molar refractivity (Wildman–Crippen MR) is 67.9 cm³/mol. The van der Waals surface area contributed by atoms with E-state index >= 15 is 0 Å². The van der Waals surface area contributed by atoms with Gasteiger partial charge in [-0.25, -0.2) is 0 Å². The zero-order chi connectivity index (χ0) is 15.1. The minimum atomic E-state index is -4.10. The molecular formula is C10H20N2O6S. The summed E-state index contributed by atoms with van der Waals surface area (Å²) >= 11 is 0. The topological polar surface area (TPSA) is 127 Å². The van der Waals surface area contributed by atoms with Crippen molar-refractivity contribution >= 4 is 22.0 Å². The van der Waals surface area contributed by atoms with E-state index < -0.39 is 27.9 Å². The van der Waals surface area contributed by atoms with Gasteiger partial charge in [-0.1, -0.05) is 0 Å². The second kappa shape index (κ2) is 8.08. The van der Waals surface area contributed by atoms with Crippen molar-refractivity contribution < 1.29 is 27.3 Å². The number of nitrogens with zero attached hydrogens (tertiary/aromatic N) is 1. The predicted octanol–water partition coefficient (Wildman–Crippen LogP) is -0.997. The Hall–Kier alpha value is -1.19. The van der Waals surface area contributed by atoms with Crippen molar-refractivity contribution in [1.29, 1.82) is 0 Å². The molecular weight excluding hydrogens is 276 g/mol. The fraction of sp³-hybridized carbons (Fsp3) is 0.800. The molecule has 0 fully saturated rings. The molecule has 0 spiro atoms. The molecule has 0 aliphatic heterocycles. The minimum absolute atomic E-state index is 0.00194. The van der Waals surface area contributed by atoms with Crippen LogP contribution in [0.25, 0.3) is 0 Å². The standard InChI is InChI=1S/C10H20N2O6S/c1-3-18-10(14)8(11)4-5-9(13)12(2)6-7-19(15,16)17/h8H,3-7,11H2,1-2H3,(H,15,16,17). The van der Waals surface area contributed by atoms with E-state index in [4.69, 9.17) is 10.3 Å². The molecule has 0 aromatic rings. The first kappa shape index (κ1) is 17.8. The van der Waals surface area contributed by atoms with Crippen LogP contribution < -0.4 is 5.73 Å². The Bertz CT molecular complexity index is 408. The zero-order valence-corrected chi connectivity index (χ0v) is 11.9. The summed E-state index contributed by atoms with van der Waals surface area (Å²) in [6.45, 7) is 1.75. The molecule has 9 heteroatoms. The van der Waals surface area contributed by atoms with E-state index in [0.29, 0.717) is 0 Å². The van der Waals surface area contributed by atoms with Crippen molar-refractivity contribution in [2.75, 3.05) is 26.0 Å². The lowest BCUT2D eigenvalue weighted by Gasteiger charge is -2.17. The monoisotopic (exact) mass is 296 g/mol. The number of rotatable bonds is 8. The summed E-state index contributed by atoms with van der Waals surface area (Å²) in [5.41, 5.74) is 5.51. The molecule has 3 N–H and O–H groups in total. The number of carbonyl (C=O) groups excluding carboxylic acids is 2. The third kappa shape index (κ3) is 8.51. The van der Waals surface area contributed by atoms with Crippen LogP contribution in [0.1, 0.15) is 19.8 Å². The maximum Gasteiger partial charge on any atom is 0.322 e. The van der Waals surface area contributed by atoms with E-state index in [1.54, 1.807) is 6.92 Å². The highest BCUT2D eigenvalue weighted by Crippen LogP contribution is 2.01. The van der Waals surface area contributed by atoms with E-state index in [9.17, 15) is 18.0 Å². The van der Waals surface area contributed by atoms with Crippen molar-refractivity contribution in [2.45, 2.75) is 25.8 Å². The third-order valence-corrected chi connectivity index (χ3v) is 3.07. The van der Waals surface area contributed by atoms with Crippen molar-refractivity contribution in [3.63, 3.8) is 0 Å². The maximum absolute atomic E-state index is 11.6. The van der Waals surface area contributed by atoms with E-state index in [1.807, 2.05) is 0 Å². The van der Waals surface area contributed by atoms with Crippen LogP contribution in [0.4, 0.5) is 0 Å². The first-order valence-electron chi connectivity index (χ1n) is 5.78. The highest BCUT2D eigenvalue weighted by atomic mass is 32.2. The van der Waals surface area contributed by atoms with Gasteiger partial charge in [-0.2, -0.15) is 8.42 Å². The summed E-state index contributed by atoms with van der Waals surface area (Å²) in [4.78, 5) is 23.9. The number of hydrogen-bond donors (Lipinski definition) is 2. The van der Waals surface area contributed by atoms with Crippen LogP contribution in [0, 0.1) is 0 Å². The van der Waals surface area contributed by atoms with E-state index in [1.165, 1.54) is 7.05 Å². The van der Waals surface area contributed by atoms with Crippen LogP contribution >= 0.6 is 0 Å². The van der Waals surface area contributed by atoms with Gasteiger partial charge >= 0.3 is 5.97 Å². The van der Waals surface area contributed by atoms with Gasteiger partial charge in [0.05, 0.1) is 12.4 Å². The van der Waals surface area contributed by atoms with Gasteiger partial charge in [-0.05, 0) is 13.3 Å². The highest BCUT2D eigenvalue weighted by Gasteiger charge is 2.18. The molecule has 0 heterocycles.